The van der Waals surface area contributed by atoms with Crippen LogP contribution in [0, 0.1) is 5.92 Å². The van der Waals surface area contributed by atoms with E-state index in [2.05, 4.69) is 0 Å². The normalized spacial score (nSPS) is 29.1. The second-order valence-electron chi connectivity index (χ2n) is 7.29. The number of phenolic OH excluding ortho intramolecular Hbond substituents is 1. The van der Waals surface area contributed by atoms with Crippen molar-refractivity contribution in [3.63, 3.8) is 0 Å². The molecule has 1 aromatic rings. The van der Waals surface area contributed by atoms with Crippen molar-refractivity contribution in [2.24, 2.45) is 5.92 Å². The van der Waals surface area contributed by atoms with Crippen LogP contribution in [0.5, 0.6) is 5.75 Å². The summed E-state index contributed by atoms with van der Waals surface area (Å²) >= 11 is 0. The molecular formula is C20H18O7. The number of carbonyl (C=O) groups is 2. The zero-order valence-corrected chi connectivity index (χ0v) is 14.7. The van der Waals surface area contributed by atoms with Gasteiger partial charge in [0.25, 0.3) is 0 Å². The van der Waals surface area contributed by atoms with Crippen LogP contribution in [0.15, 0.2) is 53.5 Å². The molecule has 0 saturated carbocycles. The van der Waals surface area contributed by atoms with Gasteiger partial charge in [-0.15, -0.1) is 0 Å². The van der Waals surface area contributed by atoms with Crippen LogP contribution in [-0.4, -0.2) is 44.7 Å². The Bertz CT molecular complexity index is 934. The number of allylic oxidation sites excluding steroid dienone is 2. The molecule has 3 unspecified atom stereocenters. The van der Waals surface area contributed by atoms with Crippen molar-refractivity contribution in [3.05, 3.63) is 59.1 Å². The van der Waals surface area contributed by atoms with Crippen molar-refractivity contribution >= 4 is 17.3 Å². The van der Waals surface area contributed by atoms with E-state index in [9.17, 15) is 24.9 Å². The minimum atomic E-state index is -1.33. The third-order valence-electron chi connectivity index (χ3n) is 4.98. The van der Waals surface area contributed by atoms with Gasteiger partial charge in [0, 0.05) is 17.7 Å². The van der Waals surface area contributed by atoms with E-state index >= 15 is 0 Å². The predicted molar refractivity (Wildman–Crippen MR) is 93.4 cm³/mol. The van der Waals surface area contributed by atoms with Crippen LogP contribution in [-0.2, 0) is 19.1 Å². The van der Waals surface area contributed by atoms with Gasteiger partial charge in [-0.3, -0.25) is 9.59 Å². The monoisotopic (exact) mass is 370 g/mol. The molecule has 3 aliphatic rings. The Balaban J connectivity index is 1.81. The number of phenols is 1. The maximum absolute atomic E-state index is 12.6. The van der Waals surface area contributed by atoms with Gasteiger partial charge in [-0.05, 0) is 38.1 Å². The number of benzene rings is 1. The maximum Gasteiger partial charge on any atom is 0.174 e. The zero-order valence-electron chi connectivity index (χ0n) is 14.7. The lowest BCUT2D eigenvalue weighted by atomic mass is 9.77. The number of carbonyl (C=O) groups excluding carboxylic acids is 2. The summed E-state index contributed by atoms with van der Waals surface area (Å²) in [4.78, 5) is 25.1. The number of hydrogen-bond acceptors (Lipinski definition) is 7. The van der Waals surface area contributed by atoms with Crippen LogP contribution in [0.2, 0.25) is 0 Å². The van der Waals surface area contributed by atoms with E-state index in [4.69, 9.17) is 9.47 Å². The fraction of sp³-hybridized carbons (Fsp3) is 0.300. The first-order valence-electron chi connectivity index (χ1n) is 8.46. The lowest BCUT2D eigenvalue weighted by Crippen LogP contribution is -2.51. The molecule has 0 amide bonds. The average molecular weight is 370 g/mol. The molecule has 0 fully saturated rings. The Morgan fingerprint density at radius 3 is 2.19 bits per heavy atom. The van der Waals surface area contributed by atoms with E-state index in [1.807, 2.05) is 0 Å². The minimum absolute atomic E-state index is 0.0591. The number of aliphatic hydroxyl groups excluding tert-OH is 2. The van der Waals surface area contributed by atoms with Crippen molar-refractivity contribution in [3.8, 4) is 5.75 Å². The summed E-state index contributed by atoms with van der Waals surface area (Å²) in [6, 6.07) is 6.03. The van der Waals surface area contributed by atoms with Gasteiger partial charge in [-0.2, -0.15) is 0 Å². The smallest absolute Gasteiger partial charge is 0.174 e. The highest BCUT2D eigenvalue weighted by Crippen LogP contribution is 2.44. The lowest BCUT2D eigenvalue weighted by Gasteiger charge is -2.43. The first-order valence-corrected chi connectivity index (χ1v) is 8.46. The molecule has 0 radical (unpaired) electrons. The fourth-order valence-electron chi connectivity index (χ4n) is 3.51. The van der Waals surface area contributed by atoms with E-state index < -0.39 is 35.3 Å². The van der Waals surface area contributed by atoms with Gasteiger partial charge < -0.3 is 24.8 Å². The van der Waals surface area contributed by atoms with E-state index in [1.54, 1.807) is 26.0 Å². The number of ether oxygens (including phenoxy) is 2. The molecule has 0 spiro atoms. The number of hydrogen-bond donors (Lipinski definition) is 3. The van der Waals surface area contributed by atoms with E-state index in [-0.39, 0.29) is 28.6 Å². The second-order valence-corrected chi connectivity index (χ2v) is 7.29. The quantitative estimate of drug-likeness (QED) is 0.646. The molecule has 7 nitrogen and oxygen atoms in total. The molecular weight excluding hydrogens is 352 g/mol. The topological polar surface area (TPSA) is 113 Å². The van der Waals surface area contributed by atoms with Gasteiger partial charge in [0.1, 0.15) is 40.6 Å². The molecule has 2 heterocycles. The zero-order chi connectivity index (χ0) is 19.5. The highest BCUT2D eigenvalue weighted by Gasteiger charge is 2.52. The Labute approximate surface area is 154 Å². The molecule has 0 aromatic heterocycles. The second kappa shape index (κ2) is 5.72. The van der Waals surface area contributed by atoms with Crippen LogP contribution in [0.4, 0.5) is 0 Å². The van der Waals surface area contributed by atoms with Gasteiger partial charge in [-0.1, -0.05) is 0 Å². The predicted octanol–water partition coefficient (Wildman–Crippen LogP) is 1.77. The molecule has 0 bridgehead atoms. The fourth-order valence-corrected chi connectivity index (χ4v) is 3.51. The SMILES string of the molecule is CC1(C)OC2=CC(=O)C3C(=O)C=C(c4ccc(O)cc4)OC3C2=C(O)C1O. The summed E-state index contributed by atoms with van der Waals surface area (Å²) in [5.74, 6) is -2.12. The van der Waals surface area contributed by atoms with E-state index in [0.29, 0.717) is 5.56 Å². The van der Waals surface area contributed by atoms with Crippen molar-refractivity contribution < 1.29 is 34.4 Å². The first-order chi connectivity index (χ1) is 12.7. The lowest BCUT2D eigenvalue weighted by molar-refractivity contribution is -0.135. The summed E-state index contributed by atoms with van der Waals surface area (Å²) in [5, 5.41) is 30.4. The van der Waals surface area contributed by atoms with Crippen molar-refractivity contribution in [1.29, 1.82) is 0 Å². The Hall–Kier alpha value is -3.06. The van der Waals surface area contributed by atoms with E-state index in [1.165, 1.54) is 24.3 Å². The Kier molecular flexibility index (Phi) is 3.68. The highest BCUT2D eigenvalue weighted by atomic mass is 16.5. The van der Waals surface area contributed by atoms with Crippen LogP contribution < -0.4 is 0 Å². The third-order valence-corrected chi connectivity index (χ3v) is 4.98. The van der Waals surface area contributed by atoms with Crippen molar-refractivity contribution in [1.82, 2.24) is 0 Å². The third kappa shape index (κ3) is 2.62. The summed E-state index contributed by atoms with van der Waals surface area (Å²) in [5.41, 5.74) is -0.508. The summed E-state index contributed by atoms with van der Waals surface area (Å²) in [7, 11) is 0. The minimum Gasteiger partial charge on any atom is -0.509 e. The Morgan fingerprint density at radius 2 is 1.56 bits per heavy atom. The largest absolute Gasteiger partial charge is 0.509 e. The number of ketones is 2. The molecule has 0 saturated heterocycles. The molecule has 3 N–H and O–H groups in total. The van der Waals surface area contributed by atoms with Crippen LogP contribution in [0.3, 0.4) is 0 Å². The molecule has 1 aromatic carbocycles. The number of aromatic hydroxyl groups is 1. The van der Waals surface area contributed by atoms with Gasteiger partial charge in [-0.25, -0.2) is 0 Å². The standard InChI is InChI=1S/C20H18O7/c1-20(2)19(25)17(24)16-14(27-20)8-12(23)15-11(22)7-13(26-18(15)16)9-3-5-10(21)6-4-9/h3-8,15,18-19,21,24-25H,1-2H3. The van der Waals surface area contributed by atoms with Crippen LogP contribution >= 0.6 is 0 Å². The van der Waals surface area contributed by atoms with Crippen LogP contribution in [0.25, 0.3) is 5.76 Å². The summed E-state index contributed by atoms with van der Waals surface area (Å²) < 4.78 is 11.6. The molecule has 3 atom stereocenters. The van der Waals surface area contributed by atoms with Crippen molar-refractivity contribution in [2.45, 2.75) is 31.7 Å². The Morgan fingerprint density at radius 1 is 0.963 bits per heavy atom. The van der Waals surface area contributed by atoms with E-state index in [0.717, 1.165) is 0 Å². The number of aliphatic hydroxyl groups is 2. The highest BCUT2D eigenvalue weighted by molar-refractivity contribution is 6.16. The van der Waals surface area contributed by atoms with Gasteiger partial charge >= 0.3 is 0 Å². The summed E-state index contributed by atoms with van der Waals surface area (Å²) in [6.07, 6.45) is -0.0442. The van der Waals surface area contributed by atoms with Crippen LogP contribution in [0.1, 0.15) is 19.4 Å². The van der Waals surface area contributed by atoms with Gasteiger partial charge in [0.15, 0.2) is 17.7 Å². The number of fused-ring (bicyclic) bond motifs is 3. The average Bonchev–Trinajstić information content (AvgIpc) is 2.59. The van der Waals surface area contributed by atoms with Gasteiger partial charge in [0.2, 0.25) is 0 Å². The summed E-state index contributed by atoms with van der Waals surface area (Å²) in [6.45, 7) is 3.16. The molecule has 2 aliphatic heterocycles. The molecule has 140 valence electrons. The van der Waals surface area contributed by atoms with Crippen molar-refractivity contribution in [2.75, 3.05) is 0 Å². The number of rotatable bonds is 1. The molecule has 7 heteroatoms. The van der Waals surface area contributed by atoms with Gasteiger partial charge in [0.05, 0.1) is 5.57 Å². The molecule has 1 aliphatic carbocycles. The first kappa shape index (κ1) is 17.4. The maximum atomic E-state index is 12.6. The molecule has 27 heavy (non-hydrogen) atoms. The molecule has 4 rings (SSSR count).